The summed E-state index contributed by atoms with van der Waals surface area (Å²) in [5, 5.41) is 10.9. The van der Waals surface area contributed by atoms with Crippen molar-refractivity contribution in [3.05, 3.63) is 18.0 Å². The second-order valence-corrected chi connectivity index (χ2v) is 6.58. The van der Waals surface area contributed by atoms with Crippen LogP contribution in [0.15, 0.2) is 12.4 Å². The summed E-state index contributed by atoms with van der Waals surface area (Å²) in [4.78, 5) is 12.6. The number of hydrogen-bond acceptors (Lipinski definition) is 3. The zero-order valence-corrected chi connectivity index (χ0v) is 12.4. The van der Waals surface area contributed by atoms with E-state index < -0.39 is 0 Å². The number of carbonyl (C=O) groups excluding carboxylic acids is 1. The number of aromatic nitrogens is 2. The fraction of sp³-hybridized carbons (Fsp3) is 0.733. The Hall–Kier alpha value is -1.36. The fourth-order valence-electron chi connectivity index (χ4n) is 3.61. The third-order valence-electron chi connectivity index (χ3n) is 4.84. The third-order valence-corrected chi connectivity index (χ3v) is 4.84. The average molecular weight is 276 g/mol. The maximum Gasteiger partial charge on any atom is 0.225 e. The van der Waals surface area contributed by atoms with Gasteiger partial charge in [-0.2, -0.15) is 5.10 Å². The van der Waals surface area contributed by atoms with Crippen LogP contribution >= 0.6 is 0 Å². The van der Waals surface area contributed by atoms with Crippen molar-refractivity contribution in [1.29, 1.82) is 0 Å². The first-order valence-corrected chi connectivity index (χ1v) is 7.59. The molecule has 1 amide bonds. The Morgan fingerprint density at radius 3 is 2.85 bits per heavy atom. The second kappa shape index (κ2) is 5.20. The third kappa shape index (κ3) is 2.59. The molecule has 1 saturated carbocycles. The highest BCUT2D eigenvalue weighted by atomic mass is 16.2. The fourth-order valence-corrected chi connectivity index (χ4v) is 3.61. The van der Waals surface area contributed by atoms with Gasteiger partial charge in [0.15, 0.2) is 0 Å². The van der Waals surface area contributed by atoms with Gasteiger partial charge in [-0.25, -0.2) is 0 Å². The van der Waals surface area contributed by atoms with E-state index in [1.54, 1.807) is 4.68 Å². The van der Waals surface area contributed by atoms with Gasteiger partial charge in [0.1, 0.15) is 0 Å². The highest BCUT2D eigenvalue weighted by Crippen LogP contribution is 2.32. The van der Waals surface area contributed by atoms with Crippen LogP contribution in [-0.4, -0.2) is 34.3 Å². The highest BCUT2D eigenvalue weighted by Gasteiger charge is 2.38. The van der Waals surface area contributed by atoms with Crippen LogP contribution in [0.4, 0.5) is 0 Å². The van der Waals surface area contributed by atoms with E-state index in [-0.39, 0.29) is 23.3 Å². The van der Waals surface area contributed by atoms with Crippen LogP contribution in [0.3, 0.4) is 0 Å². The molecule has 1 aliphatic heterocycles. The van der Waals surface area contributed by atoms with Gasteiger partial charge in [-0.3, -0.25) is 9.48 Å². The molecule has 1 aromatic rings. The predicted octanol–water partition coefficient (Wildman–Crippen LogP) is 1.17. The van der Waals surface area contributed by atoms with Gasteiger partial charge in [-0.15, -0.1) is 0 Å². The van der Waals surface area contributed by atoms with Crippen LogP contribution in [-0.2, 0) is 11.8 Å². The molecule has 2 aliphatic rings. The van der Waals surface area contributed by atoms with E-state index in [1.807, 2.05) is 19.4 Å². The van der Waals surface area contributed by atoms with Gasteiger partial charge in [0, 0.05) is 37.8 Å². The van der Waals surface area contributed by atoms with Crippen molar-refractivity contribution >= 4 is 5.91 Å². The Morgan fingerprint density at radius 1 is 1.45 bits per heavy atom. The standard InChI is InChI=1S/C15H24N4O/c1-15(5-3-4-6-15)18-14(20)13-9-16-8-12(13)11-7-17-19(2)10-11/h7,10,12-13,16H,3-6,8-9H2,1-2H3,(H,18,20)/t12-,13+/m1/s1. The maximum atomic E-state index is 12.6. The topological polar surface area (TPSA) is 59.0 Å². The van der Waals surface area contributed by atoms with E-state index >= 15 is 0 Å². The number of hydrogen-bond donors (Lipinski definition) is 2. The molecule has 3 rings (SSSR count). The average Bonchev–Trinajstić information content (AvgIpc) is 3.08. The molecule has 20 heavy (non-hydrogen) atoms. The van der Waals surface area contributed by atoms with Gasteiger partial charge in [-0.05, 0) is 25.3 Å². The van der Waals surface area contributed by atoms with Gasteiger partial charge in [0.2, 0.25) is 5.91 Å². The summed E-state index contributed by atoms with van der Waals surface area (Å²) in [6.45, 7) is 3.81. The SMILES string of the molecule is Cn1cc([C@H]2CNC[C@@H]2C(=O)NC2(C)CCCC2)cn1. The Morgan fingerprint density at radius 2 is 2.20 bits per heavy atom. The number of aryl methyl sites for hydroxylation is 1. The number of nitrogens with zero attached hydrogens (tertiary/aromatic N) is 2. The Kier molecular flexibility index (Phi) is 3.54. The summed E-state index contributed by atoms with van der Waals surface area (Å²) in [7, 11) is 1.92. The molecule has 110 valence electrons. The lowest BCUT2D eigenvalue weighted by Crippen LogP contribution is -2.47. The molecule has 1 aliphatic carbocycles. The number of carbonyl (C=O) groups is 1. The lowest BCUT2D eigenvalue weighted by atomic mass is 9.89. The normalized spacial score (nSPS) is 28.7. The van der Waals surface area contributed by atoms with E-state index in [0.717, 1.165) is 31.5 Å². The minimum atomic E-state index is 0.0131. The van der Waals surface area contributed by atoms with Crippen molar-refractivity contribution in [1.82, 2.24) is 20.4 Å². The van der Waals surface area contributed by atoms with Crippen LogP contribution in [0.1, 0.15) is 44.1 Å². The monoisotopic (exact) mass is 276 g/mol. The van der Waals surface area contributed by atoms with Gasteiger partial charge in [-0.1, -0.05) is 12.8 Å². The molecule has 2 atom stereocenters. The number of nitrogens with one attached hydrogen (secondary N) is 2. The zero-order valence-electron chi connectivity index (χ0n) is 12.4. The van der Waals surface area contributed by atoms with Gasteiger partial charge in [0.25, 0.3) is 0 Å². The van der Waals surface area contributed by atoms with Crippen LogP contribution in [0.2, 0.25) is 0 Å². The van der Waals surface area contributed by atoms with Crippen molar-refractivity contribution in [2.75, 3.05) is 13.1 Å². The quantitative estimate of drug-likeness (QED) is 0.871. The van der Waals surface area contributed by atoms with Crippen molar-refractivity contribution in [2.45, 2.75) is 44.1 Å². The first-order chi connectivity index (χ1) is 9.57. The molecule has 0 unspecified atom stereocenters. The summed E-state index contributed by atoms with van der Waals surface area (Å²) < 4.78 is 1.81. The van der Waals surface area contributed by atoms with Crippen LogP contribution < -0.4 is 10.6 Å². The summed E-state index contributed by atoms with van der Waals surface area (Å²) >= 11 is 0. The smallest absolute Gasteiger partial charge is 0.225 e. The summed E-state index contributed by atoms with van der Waals surface area (Å²) in [6, 6.07) is 0. The minimum absolute atomic E-state index is 0.0131. The molecular weight excluding hydrogens is 252 g/mol. The molecule has 2 heterocycles. The molecule has 0 radical (unpaired) electrons. The zero-order chi connectivity index (χ0) is 14.2. The molecular formula is C15H24N4O. The van der Waals surface area contributed by atoms with Crippen molar-refractivity contribution < 1.29 is 4.79 Å². The Bertz CT molecular complexity index is 490. The first kappa shape index (κ1) is 13.6. The molecule has 1 saturated heterocycles. The largest absolute Gasteiger partial charge is 0.351 e. The Balaban J connectivity index is 1.70. The van der Waals surface area contributed by atoms with E-state index in [0.29, 0.717) is 0 Å². The van der Waals surface area contributed by atoms with Gasteiger partial charge in [0.05, 0.1) is 12.1 Å². The molecule has 0 bridgehead atoms. The molecule has 0 aromatic carbocycles. The molecule has 2 fully saturated rings. The van der Waals surface area contributed by atoms with Crippen molar-refractivity contribution in [3.63, 3.8) is 0 Å². The lowest BCUT2D eigenvalue weighted by molar-refractivity contribution is -0.126. The second-order valence-electron chi connectivity index (χ2n) is 6.58. The molecule has 5 nitrogen and oxygen atoms in total. The van der Waals surface area contributed by atoms with Gasteiger partial charge >= 0.3 is 0 Å². The molecule has 1 aromatic heterocycles. The first-order valence-electron chi connectivity index (χ1n) is 7.59. The van der Waals surface area contributed by atoms with Gasteiger partial charge < -0.3 is 10.6 Å². The lowest BCUT2D eigenvalue weighted by Gasteiger charge is -2.28. The number of amides is 1. The number of rotatable bonds is 3. The summed E-state index contributed by atoms with van der Waals surface area (Å²) in [5.41, 5.74) is 1.17. The Labute approximate surface area is 120 Å². The van der Waals surface area contributed by atoms with E-state index in [2.05, 4.69) is 22.7 Å². The van der Waals surface area contributed by atoms with Crippen LogP contribution in [0, 0.1) is 5.92 Å². The van der Waals surface area contributed by atoms with Crippen molar-refractivity contribution in [2.24, 2.45) is 13.0 Å². The van der Waals surface area contributed by atoms with E-state index in [4.69, 9.17) is 0 Å². The van der Waals surface area contributed by atoms with E-state index in [1.165, 1.54) is 12.8 Å². The van der Waals surface area contributed by atoms with E-state index in [9.17, 15) is 4.79 Å². The minimum Gasteiger partial charge on any atom is -0.351 e. The highest BCUT2D eigenvalue weighted by molar-refractivity contribution is 5.81. The molecule has 5 heteroatoms. The molecule has 2 N–H and O–H groups in total. The molecule has 0 spiro atoms. The van der Waals surface area contributed by atoms with Crippen molar-refractivity contribution in [3.8, 4) is 0 Å². The summed E-state index contributed by atoms with van der Waals surface area (Å²) in [5.74, 6) is 0.471. The van der Waals surface area contributed by atoms with Crippen LogP contribution in [0.5, 0.6) is 0 Å². The predicted molar refractivity (Wildman–Crippen MR) is 77.3 cm³/mol. The summed E-state index contributed by atoms with van der Waals surface area (Å²) in [6.07, 6.45) is 8.58. The maximum absolute atomic E-state index is 12.6. The van der Waals surface area contributed by atoms with Crippen LogP contribution in [0.25, 0.3) is 0 Å².